The fourth-order valence-corrected chi connectivity index (χ4v) is 7.14. The molecule has 2 aliphatic heterocycles. The molecule has 0 saturated carbocycles. The number of fused-ring (bicyclic) bond motifs is 1. The number of H-pyrrole nitrogens is 1. The monoisotopic (exact) mass is 631 g/mol. The van der Waals surface area contributed by atoms with E-state index in [4.69, 9.17) is 5.26 Å². The van der Waals surface area contributed by atoms with Gasteiger partial charge < -0.3 is 10.0 Å². The Hall–Kier alpha value is -5.12. The molecule has 47 heavy (non-hydrogen) atoms. The van der Waals surface area contributed by atoms with Crippen molar-refractivity contribution in [2.24, 2.45) is 5.92 Å². The summed E-state index contributed by atoms with van der Waals surface area (Å²) in [5.41, 5.74) is 3.46. The number of aliphatic hydroxyl groups is 1. The number of carbonyl (C=O) groups excluding carboxylic acids is 1. The van der Waals surface area contributed by atoms with Crippen molar-refractivity contribution in [1.82, 2.24) is 39.1 Å². The highest BCUT2D eigenvalue weighted by Gasteiger charge is 2.41. The van der Waals surface area contributed by atoms with E-state index in [-0.39, 0.29) is 29.8 Å². The summed E-state index contributed by atoms with van der Waals surface area (Å²) in [5, 5.41) is 28.1. The first-order valence-electron chi connectivity index (χ1n) is 16.0. The van der Waals surface area contributed by atoms with Crippen molar-refractivity contribution in [3.8, 4) is 11.8 Å². The van der Waals surface area contributed by atoms with Crippen LogP contribution in [0.3, 0.4) is 0 Å². The van der Waals surface area contributed by atoms with Gasteiger partial charge in [-0.1, -0.05) is 36.4 Å². The van der Waals surface area contributed by atoms with E-state index < -0.39 is 5.60 Å². The number of carbonyl (C=O) groups is 1. The number of aryl methyl sites for hydroxylation is 1. The van der Waals surface area contributed by atoms with Gasteiger partial charge in [0.2, 0.25) is 5.91 Å². The van der Waals surface area contributed by atoms with Crippen LogP contribution < -0.4 is 5.56 Å². The fraction of sp³-hybridized carbons (Fsp3) is 0.371. The van der Waals surface area contributed by atoms with E-state index in [0.717, 1.165) is 42.0 Å². The highest BCUT2D eigenvalue weighted by Crippen LogP contribution is 2.36. The van der Waals surface area contributed by atoms with Gasteiger partial charge in [-0.3, -0.25) is 28.7 Å². The van der Waals surface area contributed by atoms with E-state index in [0.29, 0.717) is 49.2 Å². The molecular formula is C35H37N9O3. The van der Waals surface area contributed by atoms with Crippen molar-refractivity contribution in [2.75, 3.05) is 26.2 Å². The maximum Gasteiger partial charge on any atom is 0.262 e. The minimum atomic E-state index is -1.13. The number of amides is 1. The van der Waals surface area contributed by atoms with Crippen LogP contribution in [0, 0.1) is 24.2 Å². The van der Waals surface area contributed by atoms with Crippen molar-refractivity contribution in [3.05, 3.63) is 106 Å². The van der Waals surface area contributed by atoms with Crippen LogP contribution in [0.15, 0.2) is 78.2 Å². The summed E-state index contributed by atoms with van der Waals surface area (Å²) in [5.74, 6) is -0.0214. The first-order valence-corrected chi connectivity index (χ1v) is 16.0. The zero-order valence-corrected chi connectivity index (χ0v) is 26.3. The average molecular weight is 632 g/mol. The molecule has 12 nitrogen and oxygen atoms in total. The number of likely N-dealkylation sites (tertiary alicyclic amines) is 2. The lowest BCUT2D eigenvalue weighted by Gasteiger charge is -2.43. The standard InChI is InChI=1S/C35H37N9O3/c1-24-31(19-39-40-24)44-14-10-29-32(44)38-23-43(34(29)46)22-35(47)11-15-42(16-12-35)33(45)28-9-13-41(20-25-7-8-27(17-36)37-18-25)21-30(28)26-5-3-2-4-6-26/h2-8,10,14,18-19,23,28,30,47H,9,11-13,15-16,20-22H2,1H3,(H,39,40)/t28-,30+/m1/s1. The zero-order chi connectivity index (χ0) is 32.5. The third kappa shape index (κ3) is 6.07. The second kappa shape index (κ2) is 12.6. The van der Waals surface area contributed by atoms with E-state index in [1.165, 1.54) is 10.9 Å². The van der Waals surface area contributed by atoms with E-state index in [9.17, 15) is 14.7 Å². The quantitative estimate of drug-likeness (QED) is 0.278. The molecule has 12 heteroatoms. The van der Waals surface area contributed by atoms with Crippen molar-refractivity contribution >= 4 is 16.9 Å². The van der Waals surface area contributed by atoms with Crippen molar-refractivity contribution in [1.29, 1.82) is 5.26 Å². The lowest BCUT2D eigenvalue weighted by Crippen LogP contribution is -2.53. The number of hydrogen-bond donors (Lipinski definition) is 2. The van der Waals surface area contributed by atoms with E-state index in [1.807, 2.05) is 40.7 Å². The first kappa shape index (κ1) is 30.5. The van der Waals surface area contributed by atoms with Gasteiger partial charge in [0.05, 0.1) is 35.1 Å². The Morgan fingerprint density at radius 3 is 2.60 bits per heavy atom. The van der Waals surface area contributed by atoms with E-state index >= 15 is 0 Å². The Balaban J connectivity index is 1.02. The highest BCUT2D eigenvalue weighted by atomic mass is 16.3. The number of nitriles is 1. The van der Waals surface area contributed by atoms with Crippen LogP contribution in [0.25, 0.3) is 16.7 Å². The smallest absolute Gasteiger partial charge is 0.262 e. The number of aromatic amines is 1. The van der Waals surface area contributed by atoms with Crippen LogP contribution in [0.4, 0.5) is 0 Å². The summed E-state index contributed by atoms with van der Waals surface area (Å²) in [6.45, 7) is 5.08. The molecule has 2 atom stereocenters. The number of rotatable bonds is 7. The van der Waals surface area contributed by atoms with E-state index in [2.05, 4.69) is 43.3 Å². The largest absolute Gasteiger partial charge is 0.388 e. The number of benzene rings is 1. The molecule has 1 aromatic carbocycles. The van der Waals surface area contributed by atoms with Gasteiger partial charge in [0.1, 0.15) is 18.1 Å². The molecule has 2 fully saturated rings. The maximum absolute atomic E-state index is 14.1. The number of nitrogens with one attached hydrogen (secondary N) is 1. The summed E-state index contributed by atoms with van der Waals surface area (Å²) in [6.07, 6.45) is 8.22. The number of aromatic nitrogens is 6. The van der Waals surface area contributed by atoms with E-state index in [1.54, 1.807) is 30.7 Å². The van der Waals surface area contributed by atoms with Gasteiger partial charge in [0.25, 0.3) is 5.56 Å². The predicted molar refractivity (Wildman–Crippen MR) is 174 cm³/mol. The first-order chi connectivity index (χ1) is 22.8. The van der Waals surface area contributed by atoms with Crippen LogP contribution in [-0.4, -0.2) is 81.9 Å². The molecule has 2 saturated heterocycles. The summed E-state index contributed by atoms with van der Waals surface area (Å²) >= 11 is 0. The van der Waals surface area contributed by atoms with Gasteiger partial charge in [-0.15, -0.1) is 0 Å². The lowest BCUT2D eigenvalue weighted by atomic mass is 9.79. The van der Waals surface area contributed by atoms with Crippen LogP contribution in [0.5, 0.6) is 0 Å². The van der Waals surface area contributed by atoms with Crippen molar-refractivity contribution < 1.29 is 9.90 Å². The van der Waals surface area contributed by atoms with Gasteiger partial charge >= 0.3 is 0 Å². The zero-order valence-electron chi connectivity index (χ0n) is 26.3. The normalized spacial score (nSPS) is 19.9. The Labute approximate surface area is 271 Å². The number of pyridine rings is 1. The molecule has 5 aromatic rings. The molecule has 0 spiro atoms. The molecule has 7 rings (SSSR count). The third-order valence-electron chi connectivity index (χ3n) is 9.79. The molecule has 1 amide bonds. The molecule has 0 aliphatic carbocycles. The molecule has 240 valence electrons. The number of nitrogens with zero attached hydrogens (tertiary/aromatic N) is 8. The Kier molecular flexibility index (Phi) is 8.17. The van der Waals surface area contributed by atoms with Crippen LogP contribution in [0.2, 0.25) is 0 Å². The number of piperidine rings is 2. The lowest BCUT2D eigenvalue weighted by molar-refractivity contribution is -0.142. The van der Waals surface area contributed by atoms with Gasteiger partial charge in [-0.2, -0.15) is 10.4 Å². The van der Waals surface area contributed by atoms with Crippen LogP contribution in [-0.2, 0) is 17.9 Å². The second-order valence-corrected chi connectivity index (χ2v) is 12.8. The average Bonchev–Trinajstić information content (AvgIpc) is 3.73. The van der Waals surface area contributed by atoms with Gasteiger partial charge in [-0.25, -0.2) is 9.97 Å². The van der Waals surface area contributed by atoms with Crippen LogP contribution in [0.1, 0.15) is 47.7 Å². The minimum Gasteiger partial charge on any atom is -0.388 e. The predicted octanol–water partition coefficient (Wildman–Crippen LogP) is 3.14. The Morgan fingerprint density at radius 2 is 1.89 bits per heavy atom. The van der Waals surface area contributed by atoms with Crippen molar-refractivity contribution in [3.63, 3.8) is 0 Å². The molecule has 2 N–H and O–H groups in total. The Morgan fingerprint density at radius 1 is 1.09 bits per heavy atom. The van der Waals surface area contributed by atoms with Crippen LogP contribution >= 0.6 is 0 Å². The molecule has 0 unspecified atom stereocenters. The summed E-state index contributed by atoms with van der Waals surface area (Å²) < 4.78 is 3.31. The molecule has 6 heterocycles. The topological polar surface area (TPSA) is 149 Å². The van der Waals surface area contributed by atoms with Gasteiger partial charge in [0, 0.05) is 50.4 Å². The molecule has 0 radical (unpaired) electrons. The molecular weight excluding hydrogens is 594 g/mol. The highest BCUT2D eigenvalue weighted by molar-refractivity contribution is 5.80. The minimum absolute atomic E-state index is 0.0270. The fourth-order valence-electron chi connectivity index (χ4n) is 7.14. The maximum atomic E-state index is 14.1. The summed E-state index contributed by atoms with van der Waals surface area (Å²) in [6, 6.07) is 17.7. The van der Waals surface area contributed by atoms with Crippen molar-refractivity contribution in [2.45, 2.75) is 50.8 Å². The molecule has 4 aromatic heterocycles. The second-order valence-electron chi connectivity index (χ2n) is 12.8. The SMILES string of the molecule is Cc1[nH]ncc1-n1ccc2c(=O)n(CC3(O)CCN(C(=O)[C@@H]4CCN(Cc5ccc(C#N)nc5)C[C@H]4c4ccccc4)CC3)cnc21. The summed E-state index contributed by atoms with van der Waals surface area (Å²) in [7, 11) is 0. The van der Waals surface area contributed by atoms with Gasteiger partial charge in [-0.05, 0) is 56.0 Å². The summed E-state index contributed by atoms with van der Waals surface area (Å²) in [4.78, 5) is 40.5. The molecule has 0 bridgehead atoms. The van der Waals surface area contributed by atoms with Gasteiger partial charge in [0.15, 0.2) is 5.65 Å². The number of hydrogen-bond acceptors (Lipinski definition) is 8. The molecule has 2 aliphatic rings. The Bertz CT molecular complexity index is 1980. The third-order valence-corrected chi connectivity index (χ3v) is 9.79.